The van der Waals surface area contributed by atoms with E-state index in [1.807, 2.05) is 0 Å². The van der Waals surface area contributed by atoms with Crippen molar-refractivity contribution in [1.82, 2.24) is 4.57 Å². The van der Waals surface area contributed by atoms with E-state index in [0.717, 1.165) is 12.8 Å². The molecule has 0 bridgehead atoms. The highest BCUT2D eigenvalue weighted by Crippen LogP contribution is 2.39. The van der Waals surface area contributed by atoms with E-state index in [1.165, 1.54) is 94.5 Å². The molecule has 0 N–H and O–H groups in total. The summed E-state index contributed by atoms with van der Waals surface area (Å²) in [7, 11) is 0. The van der Waals surface area contributed by atoms with Gasteiger partial charge in [-0.1, -0.05) is 164 Å². The van der Waals surface area contributed by atoms with Gasteiger partial charge < -0.3 is 9.47 Å². The fourth-order valence-corrected chi connectivity index (χ4v) is 9.01. The normalized spacial score (nSPS) is 13.0. The van der Waals surface area contributed by atoms with Crippen molar-refractivity contribution in [2.24, 2.45) is 0 Å². The lowest BCUT2D eigenvalue weighted by Crippen LogP contribution is -2.21. The van der Waals surface area contributed by atoms with Gasteiger partial charge in [-0.15, -0.1) is 0 Å². The third-order valence-electron chi connectivity index (χ3n) is 12.0. The summed E-state index contributed by atoms with van der Waals surface area (Å²) in [6, 6.07) is 73.0. The summed E-state index contributed by atoms with van der Waals surface area (Å²) in [6.45, 7) is 6.85. The smallest absolute Gasteiger partial charge is 0.0496 e. The summed E-state index contributed by atoms with van der Waals surface area (Å²) in [4.78, 5) is 2.40. The van der Waals surface area contributed by atoms with Crippen LogP contribution in [0.3, 0.4) is 0 Å². The second-order valence-electron chi connectivity index (χ2n) is 16.9. The molecular formula is C58H48N2. The predicted molar refractivity (Wildman–Crippen MR) is 257 cm³/mol. The number of nitrogens with zero attached hydrogens (tertiary/aromatic N) is 2. The van der Waals surface area contributed by atoms with E-state index >= 15 is 0 Å². The molecule has 8 aromatic carbocycles. The Morgan fingerprint density at radius 3 is 1.35 bits per heavy atom. The minimum Gasteiger partial charge on any atom is -0.335 e. The molecule has 290 valence electrons. The average molecular weight is 773 g/mol. The summed E-state index contributed by atoms with van der Waals surface area (Å²) in [5, 5.41) is 2.61. The largest absolute Gasteiger partial charge is 0.335 e. The van der Waals surface area contributed by atoms with Gasteiger partial charge in [0.05, 0.1) is 0 Å². The van der Waals surface area contributed by atoms with E-state index in [-0.39, 0.29) is 5.54 Å². The summed E-state index contributed by atoms with van der Waals surface area (Å²) in [6.07, 6.45) is 6.57. The third-order valence-corrected chi connectivity index (χ3v) is 12.0. The monoisotopic (exact) mass is 772 g/mol. The number of fused-ring (bicyclic) bond motifs is 3. The quantitative estimate of drug-likeness (QED) is 0.149. The van der Waals surface area contributed by atoms with Gasteiger partial charge in [0.2, 0.25) is 0 Å². The Labute approximate surface area is 354 Å². The number of allylic oxidation sites excluding steroid dienone is 4. The van der Waals surface area contributed by atoms with Crippen molar-refractivity contribution >= 4 is 38.8 Å². The van der Waals surface area contributed by atoms with Gasteiger partial charge in [0.1, 0.15) is 0 Å². The number of rotatable bonds is 8. The van der Waals surface area contributed by atoms with Crippen LogP contribution in [0.25, 0.3) is 71.9 Å². The highest BCUT2D eigenvalue weighted by atomic mass is 15.1. The molecule has 2 heteroatoms. The molecule has 1 heterocycles. The van der Waals surface area contributed by atoms with E-state index in [4.69, 9.17) is 0 Å². The average Bonchev–Trinajstić information content (AvgIpc) is 3.65. The van der Waals surface area contributed by atoms with Crippen LogP contribution in [0.2, 0.25) is 0 Å². The third kappa shape index (κ3) is 7.16. The van der Waals surface area contributed by atoms with Crippen LogP contribution in [0.4, 0.5) is 11.4 Å². The highest BCUT2D eigenvalue weighted by Gasteiger charge is 2.21. The maximum Gasteiger partial charge on any atom is 0.0496 e. The molecule has 0 atom stereocenters. The van der Waals surface area contributed by atoms with Crippen molar-refractivity contribution < 1.29 is 0 Å². The second kappa shape index (κ2) is 15.5. The summed E-state index contributed by atoms with van der Waals surface area (Å²) >= 11 is 0. The highest BCUT2D eigenvalue weighted by molar-refractivity contribution is 6.09. The van der Waals surface area contributed by atoms with Crippen molar-refractivity contribution in [2.75, 3.05) is 4.90 Å². The number of benzene rings is 8. The Morgan fingerprint density at radius 2 is 0.800 bits per heavy atom. The molecule has 0 aliphatic heterocycles. The van der Waals surface area contributed by atoms with Gasteiger partial charge in [0.15, 0.2) is 0 Å². The first-order valence-electron chi connectivity index (χ1n) is 21.1. The maximum absolute atomic E-state index is 2.47. The lowest BCUT2D eigenvalue weighted by Gasteiger charge is -2.30. The second-order valence-corrected chi connectivity index (χ2v) is 16.9. The van der Waals surface area contributed by atoms with Gasteiger partial charge in [-0.3, -0.25) is 0 Å². The van der Waals surface area contributed by atoms with Crippen LogP contribution >= 0.6 is 0 Å². The van der Waals surface area contributed by atoms with Gasteiger partial charge in [-0.25, -0.2) is 0 Å². The number of aromatic nitrogens is 1. The van der Waals surface area contributed by atoms with Crippen LogP contribution in [0.15, 0.2) is 218 Å². The molecule has 0 unspecified atom stereocenters. The van der Waals surface area contributed by atoms with Gasteiger partial charge in [-0.05, 0) is 138 Å². The molecule has 1 aliphatic rings. The fraction of sp³-hybridized carbons (Fsp3) is 0.103. The van der Waals surface area contributed by atoms with E-state index in [2.05, 4.69) is 243 Å². The Bertz CT molecular complexity index is 3000. The first-order chi connectivity index (χ1) is 29.4. The predicted octanol–water partition coefficient (Wildman–Crippen LogP) is 16.1. The molecule has 0 spiro atoms. The van der Waals surface area contributed by atoms with Crippen LogP contribution < -0.4 is 4.90 Å². The SMILES string of the molecule is CC(C)(C)n1c2ccccc2c2cc(-c3ccc(-c4ccc(-c5ccc(C6=CC=C(N(c7ccccc7)c7ccc(-c8ccccc8)cc7)CC6)cc5)cc4)cc3)ccc21. The van der Waals surface area contributed by atoms with Crippen molar-refractivity contribution in [3.63, 3.8) is 0 Å². The van der Waals surface area contributed by atoms with E-state index < -0.39 is 0 Å². The Hall–Kier alpha value is -7.16. The molecule has 10 rings (SSSR count). The van der Waals surface area contributed by atoms with Crippen molar-refractivity contribution in [2.45, 2.75) is 39.2 Å². The first kappa shape index (κ1) is 37.1. The molecule has 0 saturated carbocycles. The standard InChI is InChI=1S/C58H48N2/c1-58(2,3)60-56-17-11-10-16-54(56)55-40-50(34-39-57(55)60)49-28-26-45(27-29-49)44-20-18-42(19-21-44)43-22-24-46(25-23-43)48-32-37-53(38-33-48)59(51-14-8-5-9-15-51)52-35-30-47(31-36-52)41-12-6-4-7-13-41/h4-32,34-37,39-40H,33,38H2,1-3H3. The minimum absolute atomic E-state index is 0.00976. The summed E-state index contributed by atoms with van der Waals surface area (Å²) in [5.74, 6) is 0. The topological polar surface area (TPSA) is 8.17 Å². The van der Waals surface area contributed by atoms with Crippen LogP contribution in [0, 0.1) is 0 Å². The first-order valence-corrected chi connectivity index (χ1v) is 21.1. The van der Waals surface area contributed by atoms with Gasteiger partial charge in [-0.2, -0.15) is 0 Å². The van der Waals surface area contributed by atoms with Crippen LogP contribution in [-0.2, 0) is 5.54 Å². The molecule has 0 saturated heterocycles. The van der Waals surface area contributed by atoms with Gasteiger partial charge in [0, 0.05) is 44.4 Å². The number of anilines is 2. The summed E-state index contributed by atoms with van der Waals surface area (Å²) < 4.78 is 2.47. The maximum atomic E-state index is 2.47. The molecule has 0 fully saturated rings. The van der Waals surface area contributed by atoms with Crippen molar-refractivity contribution in [3.05, 3.63) is 224 Å². The van der Waals surface area contributed by atoms with E-state index in [1.54, 1.807) is 0 Å². The van der Waals surface area contributed by atoms with Crippen LogP contribution in [-0.4, -0.2) is 4.57 Å². The molecule has 1 aliphatic carbocycles. The molecule has 9 aromatic rings. The minimum atomic E-state index is -0.00976. The van der Waals surface area contributed by atoms with Gasteiger partial charge in [0.25, 0.3) is 0 Å². The molecular weight excluding hydrogens is 725 g/mol. The molecule has 0 amide bonds. The zero-order valence-electron chi connectivity index (χ0n) is 34.5. The number of para-hydroxylation sites is 2. The van der Waals surface area contributed by atoms with Crippen molar-refractivity contribution in [3.8, 4) is 44.5 Å². The molecule has 0 radical (unpaired) electrons. The summed E-state index contributed by atoms with van der Waals surface area (Å²) in [5.41, 5.74) is 18.7. The van der Waals surface area contributed by atoms with Crippen LogP contribution in [0.1, 0.15) is 39.2 Å². The van der Waals surface area contributed by atoms with Crippen molar-refractivity contribution in [1.29, 1.82) is 0 Å². The Balaban J connectivity index is 0.845. The lowest BCUT2D eigenvalue weighted by atomic mass is 9.93. The molecule has 1 aromatic heterocycles. The molecule has 2 nitrogen and oxygen atoms in total. The lowest BCUT2D eigenvalue weighted by molar-refractivity contribution is 0.423. The fourth-order valence-electron chi connectivity index (χ4n) is 9.01. The zero-order valence-corrected chi connectivity index (χ0v) is 34.5. The van der Waals surface area contributed by atoms with E-state index in [9.17, 15) is 0 Å². The van der Waals surface area contributed by atoms with Crippen LogP contribution in [0.5, 0.6) is 0 Å². The Kier molecular flexibility index (Phi) is 9.62. The number of hydrogen-bond donors (Lipinski definition) is 0. The Morgan fingerprint density at radius 1 is 0.367 bits per heavy atom. The number of hydrogen-bond acceptors (Lipinski definition) is 1. The molecule has 60 heavy (non-hydrogen) atoms. The van der Waals surface area contributed by atoms with Gasteiger partial charge >= 0.3 is 0 Å². The zero-order chi connectivity index (χ0) is 40.6. The van der Waals surface area contributed by atoms with E-state index in [0.29, 0.717) is 0 Å².